The van der Waals surface area contributed by atoms with Crippen LogP contribution in [0, 0.1) is 10.1 Å². The summed E-state index contributed by atoms with van der Waals surface area (Å²) in [5, 5.41) is 20.4. The summed E-state index contributed by atoms with van der Waals surface area (Å²) >= 11 is 3.07. The highest BCUT2D eigenvalue weighted by Gasteiger charge is 2.47. The molecule has 2 heterocycles. The fraction of sp³-hybridized carbons (Fsp3) is 0.625. The summed E-state index contributed by atoms with van der Waals surface area (Å²) in [4.78, 5) is 13.4. The molecule has 1 aromatic heterocycles. The highest BCUT2D eigenvalue weighted by atomic mass is 79.9. The van der Waals surface area contributed by atoms with Crippen LogP contribution in [-0.2, 0) is 4.74 Å². The van der Waals surface area contributed by atoms with Gasteiger partial charge in [0, 0.05) is 5.33 Å². The second kappa shape index (κ2) is 4.67. The van der Waals surface area contributed by atoms with E-state index >= 15 is 0 Å². The summed E-state index contributed by atoms with van der Waals surface area (Å²) in [5.74, 6) is -0.514. The van der Waals surface area contributed by atoms with Gasteiger partial charge in [0.25, 0.3) is 0 Å². The van der Waals surface area contributed by atoms with Gasteiger partial charge in [-0.1, -0.05) is 20.9 Å². The molecule has 0 bridgehead atoms. The molecule has 1 aliphatic rings. The van der Waals surface area contributed by atoms with Gasteiger partial charge in [-0.05, 0) is 4.92 Å². The number of aromatic nitrogens is 2. The zero-order valence-electron chi connectivity index (χ0n) is 8.44. The average molecular weight is 310 g/mol. The van der Waals surface area contributed by atoms with Gasteiger partial charge < -0.3 is 20.0 Å². The first-order valence-electron chi connectivity index (χ1n) is 4.77. The lowest BCUT2D eigenvalue weighted by Crippen LogP contribution is -2.29. The lowest BCUT2D eigenvalue weighted by atomic mass is 10.2. The Morgan fingerprint density at radius 3 is 3.00 bits per heavy atom. The Bertz CT molecular complexity index is 429. The van der Waals surface area contributed by atoms with Crippen molar-refractivity contribution in [3.8, 4) is 0 Å². The SMILES string of the molecule is O=[N+]([O-])c1nccn1C1O[C@H](CBr)[C@@H](O)[C@@H]1F. The first-order valence-corrected chi connectivity index (χ1v) is 5.89. The molecule has 1 unspecified atom stereocenters. The molecule has 2 rings (SSSR count). The van der Waals surface area contributed by atoms with Crippen molar-refractivity contribution in [1.82, 2.24) is 9.55 Å². The van der Waals surface area contributed by atoms with Gasteiger partial charge in [-0.3, -0.25) is 0 Å². The Morgan fingerprint density at radius 2 is 2.47 bits per heavy atom. The number of halogens is 2. The van der Waals surface area contributed by atoms with Crippen LogP contribution in [0.1, 0.15) is 6.23 Å². The molecule has 0 spiro atoms. The molecule has 0 radical (unpaired) electrons. The third-order valence-electron chi connectivity index (χ3n) is 2.53. The van der Waals surface area contributed by atoms with E-state index in [4.69, 9.17) is 4.74 Å². The second-order valence-electron chi connectivity index (χ2n) is 3.55. The van der Waals surface area contributed by atoms with Crippen LogP contribution in [0.4, 0.5) is 10.3 Å². The topological polar surface area (TPSA) is 90.4 Å². The van der Waals surface area contributed by atoms with Gasteiger partial charge in [-0.2, -0.15) is 4.57 Å². The predicted octanol–water partition coefficient (Wildman–Crippen LogP) is 0.783. The van der Waals surface area contributed by atoms with Gasteiger partial charge >= 0.3 is 5.95 Å². The Hall–Kier alpha value is -1.06. The van der Waals surface area contributed by atoms with Crippen molar-refractivity contribution in [3.05, 3.63) is 22.5 Å². The number of hydrogen-bond acceptors (Lipinski definition) is 5. The lowest BCUT2D eigenvalue weighted by molar-refractivity contribution is -0.398. The van der Waals surface area contributed by atoms with Crippen LogP contribution in [-0.4, -0.2) is 43.3 Å². The van der Waals surface area contributed by atoms with Crippen LogP contribution in [0.25, 0.3) is 0 Å². The number of imidazole rings is 1. The summed E-state index contributed by atoms with van der Waals surface area (Å²) in [5.41, 5.74) is 0. The standard InChI is InChI=1S/C8H9BrFN3O4/c9-3-4-6(14)5(10)7(17-4)12-2-1-11-8(12)13(15)16/h1-2,4-7,14H,3H2/t4-,5+,6-,7?/m1/s1. The van der Waals surface area contributed by atoms with E-state index in [0.717, 1.165) is 4.57 Å². The van der Waals surface area contributed by atoms with E-state index in [2.05, 4.69) is 20.9 Å². The van der Waals surface area contributed by atoms with Crippen molar-refractivity contribution in [3.63, 3.8) is 0 Å². The molecule has 94 valence electrons. The minimum atomic E-state index is -1.73. The minimum absolute atomic E-state index is 0.244. The quantitative estimate of drug-likeness (QED) is 0.506. The second-order valence-corrected chi connectivity index (χ2v) is 4.19. The zero-order chi connectivity index (χ0) is 12.6. The van der Waals surface area contributed by atoms with Crippen LogP contribution in [0.15, 0.2) is 12.4 Å². The van der Waals surface area contributed by atoms with Crippen LogP contribution in [0.3, 0.4) is 0 Å². The fourth-order valence-electron chi connectivity index (χ4n) is 1.70. The van der Waals surface area contributed by atoms with Gasteiger partial charge in [0.2, 0.25) is 6.23 Å². The highest BCUT2D eigenvalue weighted by Crippen LogP contribution is 2.34. The molecule has 9 heteroatoms. The van der Waals surface area contributed by atoms with Crippen molar-refractivity contribution in [2.75, 3.05) is 5.33 Å². The van der Waals surface area contributed by atoms with Crippen LogP contribution < -0.4 is 0 Å². The largest absolute Gasteiger partial charge is 0.436 e. The van der Waals surface area contributed by atoms with Crippen molar-refractivity contribution < 1.29 is 19.2 Å². The van der Waals surface area contributed by atoms with E-state index in [-0.39, 0.29) is 5.33 Å². The van der Waals surface area contributed by atoms with Crippen molar-refractivity contribution in [2.24, 2.45) is 0 Å². The van der Waals surface area contributed by atoms with E-state index in [1.165, 1.54) is 12.4 Å². The summed E-state index contributed by atoms with van der Waals surface area (Å²) in [6.45, 7) is 0. The number of rotatable bonds is 3. The third-order valence-corrected chi connectivity index (χ3v) is 3.17. The normalized spacial score (nSPS) is 32.9. The summed E-state index contributed by atoms with van der Waals surface area (Å²) in [6.07, 6.45) is -2.58. The molecule has 7 nitrogen and oxygen atoms in total. The van der Waals surface area contributed by atoms with Gasteiger partial charge in [0.1, 0.15) is 24.6 Å². The molecule has 1 N–H and O–H groups in total. The number of nitro groups is 1. The Labute approximate surface area is 103 Å². The fourth-order valence-corrected chi connectivity index (χ4v) is 2.24. The van der Waals surface area contributed by atoms with E-state index in [1.807, 2.05) is 0 Å². The van der Waals surface area contributed by atoms with Crippen molar-refractivity contribution in [2.45, 2.75) is 24.6 Å². The zero-order valence-corrected chi connectivity index (χ0v) is 10.0. The monoisotopic (exact) mass is 309 g/mol. The Morgan fingerprint density at radius 1 is 1.76 bits per heavy atom. The van der Waals surface area contributed by atoms with Gasteiger partial charge in [-0.15, -0.1) is 0 Å². The number of aliphatic hydroxyl groups is 1. The molecule has 0 aliphatic carbocycles. The summed E-state index contributed by atoms with van der Waals surface area (Å²) < 4.78 is 19.9. The minimum Gasteiger partial charge on any atom is -0.390 e. The molecular formula is C8H9BrFN3O4. The van der Waals surface area contributed by atoms with E-state index < -0.39 is 35.5 Å². The van der Waals surface area contributed by atoms with Crippen molar-refractivity contribution >= 4 is 21.9 Å². The van der Waals surface area contributed by atoms with Gasteiger partial charge in [0.05, 0.1) is 0 Å². The maximum atomic E-state index is 13.8. The maximum Gasteiger partial charge on any atom is 0.436 e. The lowest BCUT2D eigenvalue weighted by Gasteiger charge is -2.11. The van der Waals surface area contributed by atoms with E-state index in [0.29, 0.717) is 0 Å². The molecule has 0 aromatic carbocycles. The van der Waals surface area contributed by atoms with Gasteiger partial charge in [0.15, 0.2) is 6.17 Å². The summed E-state index contributed by atoms with van der Waals surface area (Å²) in [7, 11) is 0. The first kappa shape index (κ1) is 12.4. The number of nitrogens with zero attached hydrogens (tertiary/aromatic N) is 3. The average Bonchev–Trinajstić information content (AvgIpc) is 2.86. The molecular weight excluding hydrogens is 301 g/mol. The molecule has 0 saturated carbocycles. The molecule has 4 atom stereocenters. The predicted molar refractivity (Wildman–Crippen MR) is 57.5 cm³/mol. The third kappa shape index (κ3) is 2.05. The number of aliphatic hydroxyl groups excluding tert-OH is 1. The van der Waals surface area contributed by atoms with E-state index in [1.54, 1.807) is 0 Å². The maximum absolute atomic E-state index is 13.8. The molecule has 17 heavy (non-hydrogen) atoms. The molecule has 0 amide bonds. The number of ether oxygens (including phenoxy) is 1. The molecule has 1 aliphatic heterocycles. The molecule has 1 fully saturated rings. The van der Waals surface area contributed by atoms with Crippen LogP contribution in [0.5, 0.6) is 0 Å². The number of hydrogen-bond donors (Lipinski definition) is 1. The smallest absolute Gasteiger partial charge is 0.390 e. The number of alkyl halides is 2. The van der Waals surface area contributed by atoms with E-state index in [9.17, 15) is 19.6 Å². The Balaban J connectivity index is 2.29. The van der Waals surface area contributed by atoms with Crippen LogP contribution >= 0.6 is 15.9 Å². The van der Waals surface area contributed by atoms with Crippen molar-refractivity contribution in [1.29, 1.82) is 0 Å². The summed E-state index contributed by atoms with van der Waals surface area (Å²) in [6, 6.07) is 0. The van der Waals surface area contributed by atoms with Gasteiger partial charge in [-0.25, -0.2) is 4.39 Å². The first-order chi connectivity index (χ1) is 8.06. The Kier molecular flexibility index (Phi) is 3.40. The molecule has 1 saturated heterocycles. The van der Waals surface area contributed by atoms with Crippen LogP contribution in [0.2, 0.25) is 0 Å². The highest BCUT2D eigenvalue weighted by molar-refractivity contribution is 9.09. The molecule has 1 aromatic rings.